The molecular weight excluding hydrogens is 324 g/mol. The molecule has 1 aromatic carbocycles. The van der Waals surface area contributed by atoms with Crippen LogP contribution in [0.4, 0.5) is 14.6 Å². The molecule has 2 aromatic heterocycles. The van der Waals surface area contributed by atoms with E-state index in [-0.39, 0.29) is 17.1 Å². The highest BCUT2D eigenvalue weighted by atomic mass is 19.1. The van der Waals surface area contributed by atoms with Crippen molar-refractivity contribution < 1.29 is 8.78 Å². The first-order valence-corrected chi connectivity index (χ1v) is 7.41. The molecule has 0 saturated carbocycles. The van der Waals surface area contributed by atoms with Crippen LogP contribution in [-0.2, 0) is 6.42 Å². The van der Waals surface area contributed by atoms with Crippen LogP contribution < -0.4 is 5.73 Å². The number of hydrogen-bond acceptors (Lipinski definition) is 4. The predicted octanol–water partition coefficient (Wildman–Crippen LogP) is 3.65. The fourth-order valence-corrected chi connectivity index (χ4v) is 2.39. The highest BCUT2D eigenvalue weighted by Gasteiger charge is 2.14. The van der Waals surface area contributed by atoms with Crippen LogP contribution in [0.3, 0.4) is 0 Å². The van der Waals surface area contributed by atoms with Crippen LogP contribution in [0.1, 0.15) is 17.1 Å². The molecule has 0 fully saturated rings. The van der Waals surface area contributed by atoms with Crippen molar-refractivity contribution in [1.82, 2.24) is 19.6 Å². The first kappa shape index (κ1) is 16.5. The van der Waals surface area contributed by atoms with Crippen LogP contribution in [0.15, 0.2) is 67.4 Å². The van der Waals surface area contributed by atoms with Crippen LogP contribution in [0.25, 0.3) is 11.2 Å². The summed E-state index contributed by atoms with van der Waals surface area (Å²) in [6.07, 6.45) is 2.83. The lowest BCUT2D eigenvalue weighted by molar-refractivity contribution is 0.661. The first-order valence-electron chi connectivity index (χ1n) is 7.41. The third-order valence-electron chi connectivity index (χ3n) is 3.46. The highest BCUT2D eigenvalue weighted by Crippen LogP contribution is 2.25. The summed E-state index contributed by atoms with van der Waals surface area (Å²) in [5, 5.41) is 4.34. The van der Waals surface area contributed by atoms with Crippen molar-refractivity contribution in [3.63, 3.8) is 0 Å². The number of halogens is 2. The molecule has 0 amide bonds. The minimum absolute atomic E-state index is 0.0564. The number of rotatable bonds is 5. The number of anilines is 1. The monoisotopic (exact) mass is 339 g/mol. The topological polar surface area (TPSA) is 69.1 Å². The number of benzene rings is 1. The smallest absolute Gasteiger partial charge is 0.198 e. The molecule has 0 aliphatic heterocycles. The summed E-state index contributed by atoms with van der Waals surface area (Å²) in [6, 6.07) is 9.68. The normalized spacial score (nSPS) is 11.7. The molecule has 0 atom stereocenters. The maximum atomic E-state index is 13.6. The average molecular weight is 339 g/mol. The van der Waals surface area contributed by atoms with Gasteiger partial charge in [-0.15, -0.1) is 0 Å². The average Bonchev–Trinajstić information content (AvgIpc) is 2.96. The van der Waals surface area contributed by atoms with Gasteiger partial charge >= 0.3 is 0 Å². The third kappa shape index (κ3) is 3.60. The Morgan fingerprint density at radius 3 is 2.52 bits per heavy atom. The van der Waals surface area contributed by atoms with Crippen LogP contribution >= 0.6 is 0 Å². The van der Waals surface area contributed by atoms with E-state index in [0.29, 0.717) is 17.9 Å². The Morgan fingerprint density at radius 2 is 1.88 bits per heavy atom. The Hall–Kier alpha value is -3.35. The minimum Gasteiger partial charge on any atom is -0.381 e. The molecule has 2 N–H and O–H groups in total. The lowest BCUT2D eigenvalue weighted by atomic mass is 10.1. The summed E-state index contributed by atoms with van der Waals surface area (Å²) >= 11 is 0. The van der Waals surface area contributed by atoms with E-state index in [9.17, 15) is 8.78 Å². The van der Waals surface area contributed by atoms with Crippen molar-refractivity contribution in [3.05, 3.63) is 84.5 Å². The van der Waals surface area contributed by atoms with Crippen LogP contribution in [-0.4, -0.2) is 19.6 Å². The number of allylic oxidation sites excluding steroid dienone is 4. The van der Waals surface area contributed by atoms with Gasteiger partial charge in [-0.2, -0.15) is 5.10 Å². The Bertz CT molecular complexity index is 989. The number of nitrogens with zero attached hydrogens (tertiary/aromatic N) is 4. The summed E-state index contributed by atoms with van der Waals surface area (Å²) in [5.41, 5.74) is 7.22. The Kier molecular flexibility index (Phi) is 4.38. The van der Waals surface area contributed by atoms with E-state index in [1.165, 1.54) is 10.7 Å². The van der Waals surface area contributed by atoms with Crippen LogP contribution in [0, 0.1) is 0 Å². The molecule has 0 saturated heterocycles. The largest absolute Gasteiger partial charge is 0.381 e. The fourth-order valence-electron chi connectivity index (χ4n) is 2.39. The van der Waals surface area contributed by atoms with Crippen LogP contribution in [0.5, 0.6) is 0 Å². The van der Waals surface area contributed by atoms with Crippen molar-refractivity contribution in [2.75, 3.05) is 5.73 Å². The molecule has 3 aromatic rings. The molecule has 3 rings (SSSR count). The lowest BCUT2D eigenvalue weighted by Crippen LogP contribution is -2.02. The molecule has 7 heteroatoms. The molecule has 0 aliphatic rings. The van der Waals surface area contributed by atoms with Crippen molar-refractivity contribution in [3.8, 4) is 0 Å². The van der Waals surface area contributed by atoms with Gasteiger partial charge in [-0.3, -0.25) is 0 Å². The SMILES string of the molecule is C=C(F)/C=C(\C(=C)F)c1cn2nc(Cc3ccccc3)nc2c(N)n1. The van der Waals surface area contributed by atoms with E-state index in [1.807, 2.05) is 30.3 Å². The summed E-state index contributed by atoms with van der Waals surface area (Å²) in [5.74, 6) is -1.08. The lowest BCUT2D eigenvalue weighted by Gasteiger charge is -2.05. The van der Waals surface area contributed by atoms with Crippen LogP contribution in [0.2, 0.25) is 0 Å². The van der Waals surface area contributed by atoms with Gasteiger partial charge in [-0.05, 0) is 11.6 Å². The van der Waals surface area contributed by atoms with Gasteiger partial charge in [0.25, 0.3) is 0 Å². The summed E-state index contributed by atoms with van der Waals surface area (Å²) in [7, 11) is 0. The number of fused-ring (bicyclic) bond motifs is 1. The first-order chi connectivity index (χ1) is 11.9. The second-order valence-corrected chi connectivity index (χ2v) is 5.38. The number of nitrogen functional groups attached to an aromatic ring is 1. The molecule has 126 valence electrons. The van der Waals surface area contributed by atoms with Gasteiger partial charge in [0.15, 0.2) is 17.3 Å². The fraction of sp³-hybridized carbons (Fsp3) is 0.0556. The van der Waals surface area contributed by atoms with Crippen molar-refractivity contribution in [2.45, 2.75) is 6.42 Å². The molecule has 0 unspecified atom stereocenters. The maximum Gasteiger partial charge on any atom is 0.198 e. The molecule has 0 bridgehead atoms. The van der Waals surface area contributed by atoms with E-state index < -0.39 is 11.7 Å². The number of aromatic nitrogens is 4. The van der Waals surface area contributed by atoms with E-state index in [1.54, 1.807) is 0 Å². The zero-order valence-corrected chi connectivity index (χ0v) is 13.3. The van der Waals surface area contributed by atoms with E-state index in [2.05, 4.69) is 28.2 Å². The Labute approximate surface area is 142 Å². The Morgan fingerprint density at radius 1 is 1.16 bits per heavy atom. The van der Waals surface area contributed by atoms with Gasteiger partial charge < -0.3 is 5.73 Å². The second kappa shape index (κ2) is 6.64. The quantitative estimate of drug-likeness (QED) is 0.721. The minimum atomic E-state index is -0.852. The summed E-state index contributed by atoms with van der Waals surface area (Å²) in [6.45, 7) is 6.28. The summed E-state index contributed by atoms with van der Waals surface area (Å²) < 4.78 is 28.1. The zero-order chi connectivity index (χ0) is 18.0. The van der Waals surface area contributed by atoms with Gasteiger partial charge in [0.2, 0.25) is 0 Å². The molecule has 2 heterocycles. The predicted molar refractivity (Wildman–Crippen MR) is 92.9 cm³/mol. The molecule has 0 radical (unpaired) electrons. The second-order valence-electron chi connectivity index (χ2n) is 5.38. The number of nitrogens with two attached hydrogens (primary N) is 1. The van der Waals surface area contributed by atoms with Crippen molar-refractivity contribution in [1.29, 1.82) is 0 Å². The van der Waals surface area contributed by atoms with Gasteiger partial charge in [0.05, 0.1) is 11.9 Å². The van der Waals surface area contributed by atoms with Gasteiger partial charge in [0.1, 0.15) is 11.7 Å². The summed E-state index contributed by atoms with van der Waals surface area (Å²) in [4.78, 5) is 8.42. The van der Waals surface area contributed by atoms with Gasteiger partial charge in [-0.25, -0.2) is 23.3 Å². The highest BCUT2D eigenvalue weighted by molar-refractivity contribution is 5.77. The van der Waals surface area contributed by atoms with Gasteiger partial charge in [-0.1, -0.05) is 43.5 Å². The maximum absolute atomic E-state index is 13.6. The molecule has 0 spiro atoms. The standard InChI is InChI=1S/C18H15F2N5/c1-11(19)8-14(12(2)20)15-10-25-18(17(21)22-15)23-16(24-25)9-13-6-4-3-5-7-13/h3-8,10H,1-2,9H2,(H2,21,22)/b14-8+. The Balaban J connectivity index is 2.04. The third-order valence-corrected chi connectivity index (χ3v) is 3.46. The van der Waals surface area contributed by atoms with E-state index in [0.717, 1.165) is 11.6 Å². The molecule has 0 aliphatic carbocycles. The molecule has 5 nitrogen and oxygen atoms in total. The van der Waals surface area contributed by atoms with Gasteiger partial charge in [0, 0.05) is 12.0 Å². The zero-order valence-electron chi connectivity index (χ0n) is 13.3. The molecule has 25 heavy (non-hydrogen) atoms. The van der Waals surface area contributed by atoms with Crippen molar-refractivity contribution in [2.24, 2.45) is 0 Å². The molecular formula is C18H15F2N5. The van der Waals surface area contributed by atoms with E-state index >= 15 is 0 Å². The van der Waals surface area contributed by atoms with Crippen molar-refractivity contribution >= 4 is 17.0 Å². The van der Waals surface area contributed by atoms with E-state index in [4.69, 9.17) is 5.73 Å². The number of hydrogen-bond donors (Lipinski definition) is 1.